The highest BCUT2D eigenvalue weighted by molar-refractivity contribution is 7.98. The van der Waals surface area contributed by atoms with Crippen molar-refractivity contribution in [1.29, 1.82) is 0 Å². The number of hydrazone groups is 1. The maximum absolute atomic E-state index is 13.1. The van der Waals surface area contributed by atoms with E-state index in [2.05, 4.69) is 31.2 Å². The van der Waals surface area contributed by atoms with E-state index in [-0.39, 0.29) is 17.3 Å². The Hall–Kier alpha value is -4.51. The van der Waals surface area contributed by atoms with Crippen LogP contribution >= 0.6 is 11.8 Å². The molecule has 0 fully saturated rings. The number of nitrogens with one attached hydrogen (secondary N) is 1. The van der Waals surface area contributed by atoms with Crippen molar-refractivity contribution in [2.45, 2.75) is 17.6 Å². The maximum Gasteiger partial charge on any atom is 0.293 e. The van der Waals surface area contributed by atoms with E-state index < -0.39 is 5.91 Å². The molecular formula is C24H20N8O2S. The summed E-state index contributed by atoms with van der Waals surface area (Å²) in [4.78, 5) is 14.1. The van der Waals surface area contributed by atoms with Gasteiger partial charge in [-0.1, -0.05) is 65.9 Å². The van der Waals surface area contributed by atoms with E-state index in [0.717, 1.165) is 21.2 Å². The zero-order valence-electron chi connectivity index (χ0n) is 18.6. The first-order valence-electron chi connectivity index (χ1n) is 10.7. The summed E-state index contributed by atoms with van der Waals surface area (Å²) in [7, 11) is 0. The summed E-state index contributed by atoms with van der Waals surface area (Å²) in [5, 5.41) is 22.0. The molecule has 0 bridgehead atoms. The van der Waals surface area contributed by atoms with Gasteiger partial charge >= 0.3 is 0 Å². The fraction of sp³-hybridized carbons (Fsp3) is 0.0833. The molecule has 0 aliphatic rings. The lowest BCUT2D eigenvalue weighted by Gasteiger charge is -2.07. The van der Waals surface area contributed by atoms with Crippen LogP contribution < -0.4 is 11.2 Å². The first-order valence-corrected chi connectivity index (χ1v) is 11.6. The quantitative estimate of drug-likeness (QED) is 0.202. The van der Waals surface area contributed by atoms with E-state index in [0.29, 0.717) is 17.2 Å². The minimum atomic E-state index is -0.505. The van der Waals surface area contributed by atoms with Crippen LogP contribution in [0.2, 0.25) is 0 Å². The topological polar surface area (TPSA) is 137 Å². The van der Waals surface area contributed by atoms with Crippen molar-refractivity contribution < 1.29 is 9.42 Å². The van der Waals surface area contributed by atoms with E-state index in [1.807, 2.05) is 79.7 Å². The van der Waals surface area contributed by atoms with Crippen LogP contribution in [0.25, 0.3) is 16.6 Å². The van der Waals surface area contributed by atoms with Gasteiger partial charge in [0.1, 0.15) is 0 Å². The Bertz CT molecular complexity index is 1520. The fourth-order valence-corrected chi connectivity index (χ4v) is 4.48. The number of hydrogen-bond acceptors (Lipinski definition) is 9. The van der Waals surface area contributed by atoms with Crippen molar-refractivity contribution in [2.75, 3.05) is 5.73 Å². The molecule has 2 heterocycles. The van der Waals surface area contributed by atoms with Gasteiger partial charge in [0.15, 0.2) is 5.69 Å². The predicted octanol–water partition coefficient (Wildman–Crippen LogP) is 3.83. The predicted molar refractivity (Wildman–Crippen MR) is 133 cm³/mol. The molecule has 5 rings (SSSR count). The van der Waals surface area contributed by atoms with E-state index in [9.17, 15) is 4.79 Å². The van der Waals surface area contributed by atoms with Crippen LogP contribution in [0.1, 0.15) is 28.7 Å². The summed E-state index contributed by atoms with van der Waals surface area (Å²) >= 11 is 1.51. The number of benzene rings is 3. The van der Waals surface area contributed by atoms with Crippen LogP contribution in [0.15, 0.2) is 87.4 Å². The zero-order chi connectivity index (χ0) is 24.2. The van der Waals surface area contributed by atoms with Crippen molar-refractivity contribution in [3.8, 4) is 5.82 Å². The number of aromatic nitrogens is 5. The molecule has 35 heavy (non-hydrogen) atoms. The Labute approximate surface area is 204 Å². The number of nitrogens with two attached hydrogens (primary N) is 1. The second-order valence-electron chi connectivity index (χ2n) is 7.54. The number of hydrogen-bond donors (Lipinski definition) is 2. The number of nitrogens with zero attached hydrogens (tertiary/aromatic N) is 6. The van der Waals surface area contributed by atoms with Gasteiger partial charge in [0, 0.05) is 16.2 Å². The van der Waals surface area contributed by atoms with E-state index >= 15 is 0 Å². The smallest absolute Gasteiger partial charge is 0.293 e. The minimum Gasteiger partial charge on any atom is -0.378 e. The monoisotopic (exact) mass is 484 g/mol. The lowest BCUT2D eigenvalue weighted by Crippen LogP contribution is -2.21. The third kappa shape index (κ3) is 4.62. The summed E-state index contributed by atoms with van der Waals surface area (Å²) in [6.45, 7) is 1.84. The Morgan fingerprint density at radius 3 is 2.63 bits per heavy atom. The molecule has 0 atom stereocenters. The standard InChI is InChI=1S/C24H20N8O2S/c1-15(18-13-7-9-16-8-5-6-12-19(16)18)26-28-24(33)21-20(14-35-17-10-3-2-4-11-17)32(31-27-21)23-22(25)29-34-30-23/h2-13H,14H2,1H3,(H2,25,29)(H,28,33)/b26-15-. The van der Waals surface area contributed by atoms with Gasteiger partial charge in [0.25, 0.3) is 5.91 Å². The van der Waals surface area contributed by atoms with Crippen LogP contribution in [-0.2, 0) is 5.75 Å². The molecular weight excluding hydrogens is 464 g/mol. The normalized spacial score (nSPS) is 11.6. The molecule has 0 saturated heterocycles. The molecule has 10 nitrogen and oxygen atoms in total. The third-order valence-electron chi connectivity index (χ3n) is 5.30. The van der Waals surface area contributed by atoms with Gasteiger partial charge in [0.2, 0.25) is 11.6 Å². The van der Waals surface area contributed by atoms with Crippen LogP contribution in [0, 0.1) is 0 Å². The van der Waals surface area contributed by atoms with Crippen LogP contribution in [0.5, 0.6) is 0 Å². The lowest BCUT2D eigenvalue weighted by molar-refractivity contribution is 0.0949. The molecule has 11 heteroatoms. The Balaban J connectivity index is 1.44. The molecule has 174 valence electrons. The molecule has 0 unspecified atom stereocenters. The van der Waals surface area contributed by atoms with Crippen molar-refractivity contribution in [3.63, 3.8) is 0 Å². The fourth-order valence-electron chi connectivity index (χ4n) is 3.57. The molecule has 0 aliphatic carbocycles. The van der Waals surface area contributed by atoms with Gasteiger partial charge in [-0.2, -0.15) is 9.78 Å². The summed E-state index contributed by atoms with van der Waals surface area (Å²) < 4.78 is 6.07. The average Bonchev–Trinajstić information content (AvgIpc) is 3.51. The summed E-state index contributed by atoms with van der Waals surface area (Å²) in [6.07, 6.45) is 0. The number of carbonyl (C=O) groups is 1. The number of nitrogen functional groups attached to an aromatic ring is 1. The largest absolute Gasteiger partial charge is 0.378 e. The van der Waals surface area contributed by atoms with Gasteiger partial charge in [-0.3, -0.25) is 4.79 Å². The molecule has 5 aromatic rings. The Morgan fingerprint density at radius 1 is 1.06 bits per heavy atom. The molecule has 0 saturated carbocycles. The number of fused-ring (bicyclic) bond motifs is 1. The van der Waals surface area contributed by atoms with Crippen LogP contribution in [-0.4, -0.2) is 36.9 Å². The maximum atomic E-state index is 13.1. The van der Waals surface area contributed by atoms with Gasteiger partial charge < -0.3 is 5.73 Å². The van der Waals surface area contributed by atoms with E-state index in [4.69, 9.17) is 10.4 Å². The molecule has 1 amide bonds. The molecule has 3 aromatic carbocycles. The van der Waals surface area contributed by atoms with Crippen molar-refractivity contribution >= 4 is 40.0 Å². The lowest BCUT2D eigenvalue weighted by atomic mass is 10.0. The minimum absolute atomic E-state index is 0.0395. The van der Waals surface area contributed by atoms with Gasteiger partial charge in [-0.25, -0.2) is 10.1 Å². The Morgan fingerprint density at radius 2 is 1.83 bits per heavy atom. The van der Waals surface area contributed by atoms with Crippen LogP contribution in [0.4, 0.5) is 5.82 Å². The third-order valence-corrected chi connectivity index (χ3v) is 6.32. The van der Waals surface area contributed by atoms with Crippen molar-refractivity contribution in [2.24, 2.45) is 5.10 Å². The highest BCUT2D eigenvalue weighted by Gasteiger charge is 2.24. The van der Waals surface area contributed by atoms with Gasteiger partial charge in [-0.05, 0) is 40.1 Å². The van der Waals surface area contributed by atoms with Crippen LogP contribution in [0.3, 0.4) is 0 Å². The van der Waals surface area contributed by atoms with Crippen molar-refractivity contribution in [3.05, 3.63) is 89.7 Å². The number of thioether (sulfide) groups is 1. The van der Waals surface area contributed by atoms with Gasteiger partial charge in [0.05, 0.1) is 11.4 Å². The molecule has 0 aliphatic heterocycles. The summed E-state index contributed by atoms with van der Waals surface area (Å²) in [6, 6.07) is 23.7. The number of anilines is 1. The first-order chi connectivity index (χ1) is 17.1. The Kier molecular flexibility index (Phi) is 6.22. The number of amides is 1. The second kappa shape index (κ2) is 9.77. The molecule has 2 aromatic heterocycles. The van der Waals surface area contributed by atoms with Crippen molar-refractivity contribution in [1.82, 2.24) is 30.7 Å². The average molecular weight is 485 g/mol. The molecule has 0 radical (unpaired) electrons. The molecule has 3 N–H and O–H groups in total. The second-order valence-corrected chi connectivity index (χ2v) is 8.58. The van der Waals surface area contributed by atoms with E-state index in [1.165, 1.54) is 16.4 Å². The molecule has 0 spiro atoms. The summed E-state index contributed by atoms with van der Waals surface area (Å²) in [5.74, 6) is 0.0702. The highest BCUT2D eigenvalue weighted by Crippen LogP contribution is 2.26. The zero-order valence-corrected chi connectivity index (χ0v) is 19.4. The number of rotatable bonds is 7. The SMILES string of the molecule is C/C(=N/NC(=O)c1nnn(-c2nonc2N)c1CSc1ccccc1)c1cccc2ccccc12. The van der Waals surface area contributed by atoms with E-state index in [1.54, 1.807) is 0 Å². The summed E-state index contributed by atoms with van der Waals surface area (Å²) in [5.41, 5.74) is 10.6. The van der Waals surface area contributed by atoms with Gasteiger partial charge in [-0.15, -0.1) is 16.9 Å². The highest BCUT2D eigenvalue weighted by atomic mass is 32.2. The first kappa shape index (κ1) is 22.3. The number of carbonyl (C=O) groups excluding carboxylic acids is 1.